The number of nitrogens with one attached hydrogen (secondary N) is 2. The predicted octanol–water partition coefficient (Wildman–Crippen LogP) is 3.39. The Morgan fingerprint density at radius 1 is 1.40 bits per heavy atom. The van der Waals surface area contributed by atoms with Gasteiger partial charge in [0.1, 0.15) is 0 Å². The van der Waals surface area contributed by atoms with Crippen molar-refractivity contribution in [1.82, 2.24) is 4.98 Å². The molecule has 0 radical (unpaired) electrons. The Labute approximate surface area is 89.8 Å². The van der Waals surface area contributed by atoms with Gasteiger partial charge in [0.2, 0.25) is 0 Å². The SMILES string of the molecule is CC[C@@H](C=N)Cc1c[nH]c2ccccc12. The van der Waals surface area contributed by atoms with Crippen LogP contribution in [0.4, 0.5) is 0 Å². The van der Waals surface area contributed by atoms with Crippen molar-refractivity contribution in [2.24, 2.45) is 5.92 Å². The third-order valence-electron chi connectivity index (χ3n) is 2.92. The van der Waals surface area contributed by atoms with Crippen molar-refractivity contribution < 1.29 is 0 Å². The molecular formula is C13H16N2. The van der Waals surface area contributed by atoms with Crippen molar-refractivity contribution >= 4 is 17.1 Å². The third kappa shape index (κ3) is 1.94. The summed E-state index contributed by atoms with van der Waals surface area (Å²) in [4.78, 5) is 3.27. The summed E-state index contributed by atoms with van der Waals surface area (Å²) in [6, 6.07) is 8.32. The molecule has 1 atom stereocenters. The van der Waals surface area contributed by atoms with E-state index in [1.165, 1.54) is 16.5 Å². The maximum absolute atomic E-state index is 7.34. The van der Waals surface area contributed by atoms with Crippen molar-refractivity contribution in [1.29, 1.82) is 5.41 Å². The van der Waals surface area contributed by atoms with Crippen LogP contribution in [0.25, 0.3) is 10.9 Å². The van der Waals surface area contributed by atoms with E-state index in [4.69, 9.17) is 5.41 Å². The Kier molecular flexibility index (Phi) is 2.86. The molecular weight excluding hydrogens is 184 g/mol. The molecule has 0 aliphatic heterocycles. The molecule has 1 heterocycles. The number of rotatable bonds is 4. The van der Waals surface area contributed by atoms with Crippen LogP contribution in [-0.2, 0) is 6.42 Å². The van der Waals surface area contributed by atoms with E-state index >= 15 is 0 Å². The second-order valence-electron chi connectivity index (χ2n) is 3.90. The Hall–Kier alpha value is -1.57. The number of para-hydroxylation sites is 1. The third-order valence-corrected chi connectivity index (χ3v) is 2.92. The molecule has 0 spiro atoms. The number of aromatic amines is 1. The molecule has 0 unspecified atom stereocenters. The van der Waals surface area contributed by atoms with Gasteiger partial charge in [-0.25, -0.2) is 0 Å². The van der Waals surface area contributed by atoms with Gasteiger partial charge >= 0.3 is 0 Å². The zero-order chi connectivity index (χ0) is 10.7. The Morgan fingerprint density at radius 2 is 2.20 bits per heavy atom. The standard InChI is InChI=1S/C13H16N2/c1-2-10(8-14)7-11-9-15-13-6-4-3-5-12(11)13/h3-6,8-10,14-15H,2,7H2,1H3/t10-/m1/s1. The minimum absolute atomic E-state index is 0.365. The lowest BCUT2D eigenvalue weighted by Crippen LogP contribution is -2.03. The number of hydrogen-bond donors (Lipinski definition) is 2. The van der Waals surface area contributed by atoms with Crippen LogP contribution in [-0.4, -0.2) is 11.2 Å². The quantitative estimate of drug-likeness (QED) is 0.710. The van der Waals surface area contributed by atoms with Gasteiger partial charge in [-0.2, -0.15) is 0 Å². The van der Waals surface area contributed by atoms with E-state index in [0.717, 1.165) is 12.8 Å². The van der Waals surface area contributed by atoms with Crippen LogP contribution in [0.15, 0.2) is 30.5 Å². The van der Waals surface area contributed by atoms with E-state index < -0.39 is 0 Å². The molecule has 0 fully saturated rings. The average Bonchev–Trinajstić information content (AvgIpc) is 2.69. The summed E-state index contributed by atoms with van der Waals surface area (Å²) in [5.41, 5.74) is 2.51. The molecule has 0 saturated carbocycles. The highest BCUT2D eigenvalue weighted by molar-refractivity contribution is 5.83. The van der Waals surface area contributed by atoms with E-state index in [0.29, 0.717) is 5.92 Å². The molecule has 0 amide bonds. The van der Waals surface area contributed by atoms with Crippen molar-refractivity contribution in [2.75, 3.05) is 0 Å². The first kappa shape index (κ1) is 9.97. The molecule has 2 rings (SSSR count). The fourth-order valence-electron chi connectivity index (χ4n) is 1.90. The highest BCUT2D eigenvalue weighted by Gasteiger charge is 2.08. The molecule has 2 N–H and O–H groups in total. The van der Waals surface area contributed by atoms with Crippen LogP contribution in [0.3, 0.4) is 0 Å². The number of benzene rings is 1. The van der Waals surface area contributed by atoms with Crippen LogP contribution < -0.4 is 0 Å². The van der Waals surface area contributed by atoms with Gasteiger partial charge < -0.3 is 10.4 Å². The van der Waals surface area contributed by atoms with Crippen LogP contribution >= 0.6 is 0 Å². The molecule has 2 aromatic rings. The Bertz CT molecular complexity index is 456. The fourth-order valence-corrected chi connectivity index (χ4v) is 1.90. The molecule has 2 nitrogen and oxygen atoms in total. The predicted molar refractivity (Wildman–Crippen MR) is 64.6 cm³/mol. The molecule has 15 heavy (non-hydrogen) atoms. The Balaban J connectivity index is 2.32. The molecule has 2 heteroatoms. The zero-order valence-corrected chi connectivity index (χ0v) is 8.96. The molecule has 0 bridgehead atoms. The summed E-state index contributed by atoms with van der Waals surface area (Å²) >= 11 is 0. The van der Waals surface area contributed by atoms with Gasteiger partial charge in [-0.1, -0.05) is 25.1 Å². The minimum Gasteiger partial charge on any atom is -0.361 e. The smallest absolute Gasteiger partial charge is 0.0456 e. The van der Waals surface area contributed by atoms with Crippen molar-refractivity contribution in [3.63, 3.8) is 0 Å². The van der Waals surface area contributed by atoms with Gasteiger partial charge in [0.25, 0.3) is 0 Å². The summed E-state index contributed by atoms with van der Waals surface area (Å²) in [6.07, 6.45) is 5.62. The van der Waals surface area contributed by atoms with Gasteiger partial charge in [0.05, 0.1) is 0 Å². The highest BCUT2D eigenvalue weighted by Crippen LogP contribution is 2.21. The second kappa shape index (κ2) is 4.30. The normalized spacial score (nSPS) is 12.9. The van der Waals surface area contributed by atoms with Crippen LogP contribution in [0.5, 0.6) is 0 Å². The van der Waals surface area contributed by atoms with Gasteiger partial charge in [-0.3, -0.25) is 0 Å². The van der Waals surface area contributed by atoms with Crippen molar-refractivity contribution in [3.05, 3.63) is 36.0 Å². The van der Waals surface area contributed by atoms with Gasteiger partial charge in [-0.15, -0.1) is 0 Å². The maximum Gasteiger partial charge on any atom is 0.0456 e. The number of H-pyrrole nitrogens is 1. The van der Waals surface area contributed by atoms with Crippen LogP contribution in [0.2, 0.25) is 0 Å². The summed E-state index contributed by atoms with van der Waals surface area (Å²) < 4.78 is 0. The van der Waals surface area contributed by atoms with Gasteiger partial charge in [0.15, 0.2) is 0 Å². The minimum atomic E-state index is 0.365. The first-order valence-electron chi connectivity index (χ1n) is 5.40. The van der Waals surface area contributed by atoms with E-state index in [1.807, 2.05) is 6.07 Å². The lowest BCUT2D eigenvalue weighted by molar-refractivity contribution is 0.675. The van der Waals surface area contributed by atoms with E-state index in [9.17, 15) is 0 Å². The number of aromatic nitrogens is 1. The molecule has 0 aliphatic rings. The summed E-state index contributed by atoms with van der Waals surface area (Å²) in [5, 5.41) is 8.62. The first-order chi connectivity index (χ1) is 7.35. The summed E-state index contributed by atoms with van der Waals surface area (Å²) in [7, 11) is 0. The first-order valence-corrected chi connectivity index (χ1v) is 5.40. The van der Waals surface area contributed by atoms with Crippen molar-refractivity contribution in [2.45, 2.75) is 19.8 Å². The van der Waals surface area contributed by atoms with E-state index in [1.54, 1.807) is 6.21 Å². The summed E-state index contributed by atoms with van der Waals surface area (Å²) in [6.45, 7) is 2.13. The number of hydrogen-bond acceptors (Lipinski definition) is 1. The maximum atomic E-state index is 7.34. The largest absolute Gasteiger partial charge is 0.361 e. The van der Waals surface area contributed by atoms with Crippen LogP contribution in [0.1, 0.15) is 18.9 Å². The monoisotopic (exact) mass is 200 g/mol. The zero-order valence-electron chi connectivity index (χ0n) is 8.96. The molecule has 0 saturated heterocycles. The topological polar surface area (TPSA) is 39.6 Å². The molecule has 78 valence electrons. The second-order valence-corrected chi connectivity index (χ2v) is 3.90. The summed E-state index contributed by atoms with van der Waals surface area (Å²) in [5.74, 6) is 0.365. The Morgan fingerprint density at radius 3 is 2.93 bits per heavy atom. The fraction of sp³-hybridized carbons (Fsp3) is 0.308. The molecule has 1 aromatic heterocycles. The lowest BCUT2D eigenvalue weighted by Gasteiger charge is -2.06. The van der Waals surface area contributed by atoms with Crippen LogP contribution in [0, 0.1) is 11.3 Å². The van der Waals surface area contributed by atoms with Crippen molar-refractivity contribution in [3.8, 4) is 0 Å². The van der Waals surface area contributed by atoms with Gasteiger partial charge in [0, 0.05) is 17.1 Å². The molecule has 0 aliphatic carbocycles. The number of fused-ring (bicyclic) bond motifs is 1. The van der Waals surface area contributed by atoms with E-state index in [2.05, 4.69) is 36.3 Å². The van der Waals surface area contributed by atoms with Gasteiger partial charge in [-0.05, 0) is 36.6 Å². The average molecular weight is 200 g/mol. The van der Waals surface area contributed by atoms with E-state index in [-0.39, 0.29) is 0 Å². The lowest BCUT2D eigenvalue weighted by atomic mass is 9.98. The highest BCUT2D eigenvalue weighted by atomic mass is 14.7. The molecule has 1 aromatic carbocycles.